The van der Waals surface area contributed by atoms with E-state index in [4.69, 9.17) is 21.1 Å². The van der Waals surface area contributed by atoms with Crippen LogP contribution in [0.25, 0.3) is 0 Å². The van der Waals surface area contributed by atoms with Crippen molar-refractivity contribution in [2.45, 2.75) is 6.04 Å². The fraction of sp³-hybridized carbons (Fsp3) is 0.400. The number of hydrogen-bond donors (Lipinski definition) is 0. The highest BCUT2D eigenvalue weighted by Crippen LogP contribution is 2.23. The average molecular weight is 338 g/mol. The summed E-state index contributed by atoms with van der Waals surface area (Å²) in [4.78, 5) is 25.3. The third-order valence-corrected chi connectivity index (χ3v) is 4.07. The number of hydrogen-bond acceptors (Lipinski definition) is 5. The molecule has 0 N–H and O–H groups in total. The van der Waals surface area contributed by atoms with Gasteiger partial charge in [-0.2, -0.15) is 5.10 Å². The molecule has 1 aromatic carbocycles. The minimum atomic E-state index is -0.667. The summed E-state index contributed by atoms with van der Waals surface area (Å²) in [6.45, 7) is 1.21. The van der Waals surface area contributed by atoms with E-state index in [9.17, 15) is 9.59 Å². The van der Waals surface area contributed by atoms with Crippen molar-refractivity contribution in [2.24, 2.45) is 5.10 Å². The Morgan fingerprint density at radius 1 is 1.39 bits per heavy atom. The molecule has 1 saturated heterocycles. The Balaban J connectivity index is 1.92. The average Bonchev–Trinajstić information content (AvgIpc) is 3.01. The lowest BCUT2D eigenvalue weighted by Crippen LogP contribution is -2.52. The van der Waals surface area contributed by atoms with Crippen molar-refractivity contribution in [2.75, 3.05) is 33.4 Å². The second-order valence-corrected chi connectivity index (χ2v) is 5.53. The Morgan fingerprint density at radius 2 is 2.13 bits per heavy atom. The maximum atomic E-state index is 12.1. The molecule has 23 heavy (non-hydrogen) atoms. The molecule has 2 aliphatic heterocycles. The molecule has 1 aromatic rings. The van der Waals surface area contributed by atoms with E-state index in [0.717, 1.165) is 11.3 Å². The summed E-state index contributed by atoms with van der Waals surface area (Å²) in [5.41, 5.74) is 1.45. The molecule has 2 heterocycles. The van der Waals surface area contributed by atoms with Gasteiger partial charge < -0.3 is 14.4 Å². The monoisotopic (exact) mass is 337 g/mol. The molecule has 0 spiro atoms. The predicted octanol–water partition coefficient (Wildman–Crippen LogP) is 1.30. The lowest BCUT2D eigenvalue weighted by molar-refractivity contribution is -0.143. The zero-order valence-electron chi connectivity index (χ0n) is 12.6. The Labute approximate surface area is 138 Å². The first-order valence-corrected chi connectivity index (χ1v) is 7.55. The van der Waals surface area contributed by atoms with E-state index in [-0.39, 0.29) is 25.1 Å². The summed E-state index contributed by atoms with van der Waals surface area (Å²) in [6, 6.07) is 6.97. The number of benzene rings is 1. The van der Waals surface area contributed by atoms with Crippen LogP contribution in [0.5, 0.6) is 5.75 Å². The maximum absolute atomic E-state index is 12.1. The largest absolute Gasteiger partial charge is 0.497 e. The molecule has 3 rings (SSSR count). The van der Waals surface area contributed by atoms with Crippen molar-refractivity contribution in [3.63, 3.8) is 0 Å². The smallest absolute Gasteiger partial charge is 0.336 e. The number of morpholine rings is 1. The van der Waals surface area contributed by atoms with Crippen LogP contribution < -0.4 is 4.74 Å². The normalized spacial score (nSPS) is 21.4. The molecule has 2 aliphatic rings. The third-order valence-electron chi connectivity index (χ3n) is 3.88. The van der Waals surface area contributed by atoms with Crippen molar-refractivity contribution in [3.05, 3.63) is 29.8 Å². The van der Waals surface area contributed by atoms with Crippen LogP contribution in [0.3, 0.4) is 0 Å². The molecule has 8 heteroatoms. The van der Waals surface area contributed by atoms with Gasteiger partial charge in [0.05, 0.1) is 32.0 Å². The summed E-state index contributed by atoms with van der Waals surface area (Å²) in [5.74, 6) is 0.600. The Morgan fingerprint density at radius 3 is 2.74 bits per heavy atom. The molecule has 0 radical (unpaired) electrons. The first kappa shape index (κ1) is 15.8. The van der Waals surface area contributed by atoms with Crippen LogP contribution in [0.15, 0.2) is 29.4 Å². The molecular weight excluding hydrogens is 322 g/mol. The van der Waals surface area contributed by atoms with Crippen LogP contribution in [-0.2, 0) is 9.53 Å². The Kier molecular flexibility index (Phi) is 4.49. The molecule has 7 nitrogen and oxygen atoms in total. The quantitative estimate of drug-likeness (QED) is 0.615. The van der Waals surface area contributed by atoms with E-state index in [2.05, 4.69) is 5.10 Å². The Hall–Kier alpha value is -2.12. The fourth-order valence-electron chi connectivity index (χ4n) is 2.72. The van der Waals surface area contributed by atoms with Crippen molar-refractivity contribution >= 4 is 28.6 Å². The molecule has 122 valence electrons. The highest BCUT2D eigenvalue weighted by Gasteiger charge is 2.38. The van der Waals surface area contributed by atoms with Crippen molar-refractivity contribution in [1.82, 2.24) is 9.91 Å². The zero-order chi connectivity index (χ0) is 16.4. The standard InChI is InChI=1S/C15H16ClN3O4/c1-22-11-4-2-10(3-5-11)14-12(8-19(17-14)15(16)21)18-6-7-23-9-13(18)20/h2-5,12H,6-9H2,1H3. The maximum Gasteiger partial charge on any atom is 0.336 e. The highest BCUT2D eigenvalue weighted by molar-refractivity contribution is 6.62. The van der Waals surface area contributed by atoms with Gasteiger partial charge in [-0.15, -0.1) is 0 Å². The summed E-state index contributed by atoms with van der Waals surface area (Å²) in [6.07, 6.45) is 0. The van der Waals surface area contributed by atoms with Gasteiger partial charge in [0, 0.05) is 12.1 Å². The third kappa shape index (κ3) is 3.16. The topological polar surface area (TPSA) is 71.4 Å². The summed E-state index contributed by atoms with van der Waals surface area (Å²) >= 11 is 5.56. The van der Waals surface area contributed by atoms with Gasteiger partial charge in [-0.25, -0.2) is 5.01 Å². The van der Waals surface area contributed by atoms with E-state index in [1.807, 2.05) is 12.1 Å². The molecule has 0 bridgehead atoms. The minimum Gasteiger partial charge on any atom is -0.497 e. The van der Waals surface area contributed by atoms with Crippen LogP contribution in [0.4, 0.5) is 4.79 Å². The van der Waals surface area contributed by atoms with E-state index >= 15 is 0 Å². The van der Waals surface area contributed by atoms with Gasteiger partial charge in [0.25, 0.3) is 0 Å². The van der Waals surface area contributed by atoms with Crippen molar-refractivity contribution < 1.29 is 19.1 Å². The molecule has 1 atom stereocenters. The molecule has 0 aliphatic carbocycles. The number of amides is 2. The summed E-state index contributed by atoms with van der Waals surface area (Å²) < 4.78 is 10.3. The van der Waals surface area contributed by atoms with E-state index < -0.39 is 5.37 Å². The van der Waals surface area contributed by atoms with Crippen LogP contribution in [0.2, 0.25) is 0 Å². The van der Waals surface area contributed by atoms with E-state index in [1.54, 1.807) is 24.1 Å². The van der Waals surface area contributed by atoms with Gasteiger partial charge >= 0.3 is 5.37 Å². The Bertz CT molecular complexity index is 647. The van der Waals surface area contributed by atoms with E-state index in [0.29, 0.717) is 18.9 Å². The first-order chi connectivity index (χ1) is 11.1. The van der Waals surface area contributed by atoms with Crippen molar-refractivity contribution in [3.8, 4) is 5.75 Å². The van der Waals surface area contributed by atoms with Gasteiger partial charge in [-0.3, -0.25) is 9.59 Å². The highest BCUT2D eigenvalue weighted by atomic mass is 35.5. The number of rotatable bonds is 3. The minimum absolute atomic E-state index is 0.0429. The molecule has 0 saturated carbocycles. The van der Waals surface area contributed by atoms with Gasteiger partial charge in [0.15, 0.2) is 0 Å². The van der Waals surface area contributed by atoms with Crippen molar-refractivity contribution in [1.29, 1.82) is 0 Å². The van der Waals surface area contributed by atoms with Gasteiger partial charge in [-0.1, -0.05) is 0 Å². The molecular formula is C15H16ClN3O4. The van der Waals surface area contributed by atoms with Crippen LogP contribution in [0, 0.1) is 0 Å². The zero-order valence-corrected chi connectivity index (χ0v) is 13.3. The second kappa shape index (κ2) is 6.55. The molecule has 0 aromatic heterocycles. The van der Waals surface area contributed by atoms with Crippen LogP contribution in [0.1, 0.15) is 5.56 Å². The van der Waals surface area contributed by atoms with Crippen LogP contribution in [-0.4, -0.2) is 66.3 Å². The fourth-order valence-corrected chi connectivity index (χ4v) is 2.82. The number of hydrazone groups is 1. The van der Waals surface area contributed by atoms with Gasteiger partial charge in [-0.05, 0) is 35.9 Å². The number of ether oxygens (including phenoxy) is 2. The molecule has 1 unspecified atom stereocenters. The SMILES string of the molecule is COc1ccc(C2=NN(C(=O)Cl)CC2N2CCOCC2=O)cc1. The number of methoxy groups -OCH3 is 1. The number of nitrogens with zero attached hydrogens (tertiary/aromatic N) is 3. The summed E-state index contributed by atoms with van der Waals surface area (Å²) in [5, 5.41) is 4.81. The lowest BCUT2D eigenvalue weighted by atomic mass is 10.0. The molecule has 1 fully saturated rings. The second-order valence-electron chi connectivity index (χ2n) is 5.20. The number of carbonyl (C=O) groups excluding carboxylic acids is 2. The first-order valence-electron chi connectivity index (χ1n) is 7.17. The van der Waals surface area contributed by atoms with Gasteiger partial charge in [0.1, 0.15) is 12.4 Å². The number of halogens is 1. The predicted molar refractivity (Wildman–Crippen MR) is 83.8 cm³/mol. The van der Waals surface area contributed by atoms with Crippen LogP contribution >= 0.6 is 11.6 Å². The van der Waals surface area contributed by atoms with E-state index in [1.165, 1.54) is 5.01 Å². The summed E-state index contributed by atoms with van der Waals surface area (Å²) in [7, 11) is 1.59. The number of carbonyl (C=O) groups is 2. The molecule has 2 amide bonds. The lowest BCUT2D eigenvalue weighted by Gasteiger charge is -2.32. The van der Waals surface area contributed by atoms with Gasteiger partial charge in [0.2, 0.25) is 5.91 Å².